The molecular weight excluding hydrogens is 554 g/mol. The van der Waals surface area contributed by atoms with Crippen molar-refractivity contribution in [3.05, 3.63) is 94.4 Å². The van der Waals surface area contributed by atoms with Crippen molar-refractivity contribution in [2.45, 2.75) is 68.9 Å². The molecule has 7 bridgehead atoms. The molecule has 1 aliphatic carbocycles. The SMILES string of the molecule is CC1C(c2ccccc2)CC2NC(=O)c3cc4c(cn3)C[C@]3(C4)C(=O)Nc4ncc(cc43)C=CCOCCCCCN1C2=O. The summed E-state index contributed by atoms with van der Waals surface area (Å²) in [5, 5.41) is 6.01. The molecule has 5 heterocycles. The molecule has 3 aliphatic heterocycles. The van der Waals surface area contributed by atoms with Crippen LogP contribution in [0.1, 0.15) is 76.8 Å². The number of hydrogen-bond acceptors (Lipinski definition) is 6. The van der Waals surface area contributed by atoms with E-state index in [4.69, 9.17) is 4.74 Å². The van der Waals surface area contributed by atoms with E-state index in [0.29, 0.717) is 44.8 Å². The van der Waals surface area contributed by atoms with E-state index in [2.05, 4.69) is 39.7 Å². The normalized spacial score (nSPS) is 27.0. The largest absolute Gasteiger partial charge is 0.377 e. The van der Waals surface area contributed by atoms with E-state index in [1.165, 1.54) is 0 Å². The molecule has 0 radical (unpaired) electrons. The number of nitrogens with one attached hydrogen (secondary N) is 2. The predicted molar refractivity (Wildman–Crippen MR) is 166 cm³/mol. The summed E-state index contributed by atoms with van der Waals surface area (Å²) in [7, 11) is 0. The maximum atomic E-state index is 13.8. The van der Waals surface area contributed by atoms with E-state index in [0.717, 1.165) is 47.1 Å². The van der Waals surface area contributed by atoms with Crippen LogP contribution in [0.4, 0.5) is 5.82 Å². The fraction of sp³-hybridized carbons (Fsp3) is 0.400. The molecule has 2 aromatic heterocycles. The van der Waals surface area contributed by atoms with Crippen molar-refractivity contribution in [3.63, 3.8) is 0 Å². The average Bonchev–Trinajstić information content (AvgIpc) is 3.55. The number of anilines is 1. The molecule has 1 spiro atoms. The average molecular weight is 592 g/mol. The third-order valence-electron chi connectivity index (χ3n) is 9.78. The lowest BCUT2D eigenvalue weighted by molar-refractivity contribution is -0.139. The van der Waals surface area contributed by atoms with E-state index in [1.807, 2.05) is 41.3 Å². The third-order valence-corrected chi connectivity index (χ3v) is 9.78. The van der Waals surface area contributed by atoms with Crippen LogP contribution in [0.3, 0.4) is 0 Å². The highest BCUT2D eigenvalue weighted by molar-refractivity contribution is 6.06. The number of rotatable bonds is 1. The van der Waals surface area contributed by atoms with Gasteiger partial charge in [0, 0.05) is 43.1 Å². The van der Waals surface area contributed by atoms with Crippen molar-refractivity contribution in [1.29, 1.82) is 0 Å². The Morgan fingerprint density at radius 2 is 1.82 bits per heavy atom. The fourth-order valence-corrected chi connectivity index (χ4v) is 7.37. The molecule has 7 rings (SSSR count). The van der Waals surface area contributed by atoms with Crippen LogP contribution in [0.15, 0.2) is 60.9 Å². The van der Waals surface area contributed by atoms with Gasteiger partial charge in [0.2, 0.25) is 11.8 Å². The molecule has 9 heteroatoms. The molecule has 0 saturated carbocycles. The van der Waals surface area contributed by atoms with E-state index in [1.54, 1.807) is 18.5 Å². The molecule has 9 nitrogen and oxygen atoms in total. The van der Waals surface area contributed by atoms with Crippen LogP contribution in [0.25, 0.3) is 6.08 Å². The van der Waals surface area contributed by atoms with Gasteiger partial charge in [-0.2, -0.15) is 0 Å². The number of carbonyl (C=O) groups is 3. The zero-order valence-electron chi connectivity index (χ0n) is 24.9. The first-order valence-corrected chi connectivity index (χ1v) is 15.6. The lowest BCUT2D eigenvalue weighted by Crippen LogP contribution is -2.58. The van der Waals surface area contributed by atoms with Crippen molar-refractivity contribution in [2.24, 2.45) is 0 Å². The van der Waals surface area contributed by atoms with Crippen molar-refractivity contribution >= 4 is 29.6 Å². The summed E-state index contributed by atoms with van der Waals surface area (Å²) >= 11 is 0. The van der Waals surface area contributed by atoms with Gasteiger partial charge in [-0.05, 0) is 79.8 Å². The van der Waals surface area contributed by atoms with Crippen molar-refractivity contribution in [1.82, 2.24) is 20.2 Å². The number of aromatic nitrogens is 2. The highest BCUT2D eigenvalue weighted by Crippen LogP contribution is 2.47. The molecule has 1 aromatic carbocycles. The summed E-state index contributed by atoms with van der Waals surface area (Å²) in [6, 6.07) is 13.4. The summed E-state index contributed by atoms with van der Waals surface area (Å²) in [4.78, 5) is 51.8. The Morgan fingerprint density at radius 1 is 0.977 bits per heavy atom. The summed E-state index contributed by atoms with van der Waals surface area (Å²) in [5.74, 6) is 0.156. The van der Waals surface area contributed by atoms with Crippen LogP contribution in [-0.2, 0) is 32.6 Å². The van der Waals surface area contributed by atoms with Crippen molar-refractivity contribution in [2.75, 3.05) is 25.1 Å². The molecule has 226 valence electrons. The van der Waals surface area contributed by atoms with Crippen LogP contribution in [0, 0.1) is 0 Å². The van der Waals surface area contributed by atoms with Gasteiger partial charge in [-0.3, -0.25) is 19.4 Å². The Bertz CT molecular complexity index is 1640. The number of benzene rings is 1. The Morgan fingerprint density at radius 3 is 2.68 bits per heavy atom. The quantitative estimate of drug-likeness (QED) is 0.439. The first-order chi connectivity index (χ1) is 21.4. The standard InChI is InChI=1S/C35H37N5O4/c1-22-27(24-10-4-2-5-11-24)17-30-33(42)40(22)12-6-3-7-13-44-14-8-9-23-15-28-31(37-20-23)39-34(43)35(28)18-25-16-29(32(41)38-30)36-21-26(25)19-35/h2,4-5,8-11,15-16,20-22,27,30H,3,6-7,12-14,17-19H2,1H3,(H,38,41)(H,37,39,43)/t22?,27?,30?,35-/m0/s1. The molecule has 3 unspecified atom stereocenters. The number of nitrogens with zero attached hydrogens (tertiary/aromatic N) is 3. The molecule has 3 aromatic rings. The molecule has 1 fully saturated rings. The van der Waals surface area contributed by atoms with E-state index >= 15 is 0 Å². The Kier molecular flexibility index (Phi) is 7.50. The van der Waals surface area contributed by atoms with Crippen LogP contribution >= 0.6 is 0 Å². The zero-order chi connectivity index (χ0) is 30.3. The highest BCUT2D eigenvalue weighted by atomic mass is 16.5. The number of pyridine rings is 2. The van der Waals surface area contributed by atoms with Gasteiger partial charge in [0.05, 0.1) is 12.0 Å². The van der Waals surface area contributed by atoms with Gasteiger partial charge in [0.15, 0.2) is 0 Å². The first-order valence-electron chi connectivity index (χ1n) is 15.6. The zero-order valence-corrected chi connectivity index (χ0v) is 24.9. The van der Waals surface area contributed by atoms with Crippen LogP contribution in [-0.4, -0.2) is 64.4 Å². The van der Waals surface area contributed by atoms with Gasteiger partial charge in [0.1, 0.15) is 17.6 Å². The minimum absolute atomic E-state index is 0.00772. The topological polar surface area (TPSA) is 114 Å². The predicted octanol–water partition coefficient (Wildman–Crippen LogP) is 4.18. The molecule has 2 N–H and O–H groups in total. The second-order valence-electron chi connectivity index (χ2n) is 12.5. The van der Waals surface area contributed by atoms with Gasteiger partial charge in [-0.1, -0.05) is 42.5 Å². The Labute approximate surface area is 257 Å². The van der Waals surface area contributed by atoms with Crippen molar-refractivity contribution in [3.8, 4) is 0 Å². The number of carbonyl (C=O) groups excluding carboxylic acids is 3. The molecule has 4 aliphatic rings. The van der Waals surface area contributed by atoms with Crippen LogP contribution in [0.5, 0.6) is 0 Å². The second-order valence-corrected chi connectivity index (χ2v) is 12.5. The second kappa shape index (κ2) is 11.6. The Balaban J connectivity index is 1.21. The van der Waals surface area contributed by atoms with E-state index < -0.39 is 11.5 Å². The summed E-state index contributed by atoms with van der Waals surface area (Å²) < 4.78 is 5.85. The monoisotopic (exact) mass is 591 g/mol. The third kappa shape index (κ3) is 5.09. The first kappa shape index (κ1) is 28.4. The van der Waals surface area contributed by atoms with Gasteiger partial charge in [-0.15, -0.1) is 0 Å². The maximum Gasteiger partial charge on any atom is 0.270 e. The molecular formula is C35H37N5O4. The van der Waals surface area contributed by atoms with E-state index in [-0.39, 0.29) is 35.4 Å². The summed E-state index contributed by atoms with van der Waals surface area (Å²) in [6.45, 7) is 3.86. The minimum Gasteiger partial charge on any atom is -0.377 e. The van der Waals surface area contributed by atoms with Gasteiger partial charge in [0.25, 0.3) is 5.91 Å². The van der Waals surface area contributed by atoms with Gasteiger partial charge >= 0.3 is 0 Å². The number of ether oxygens (including phenoxy) is 1. The number of hydrogen-bond donors (Lipinski definition) is 2. The number of amides is 3. The minimum atomic E-state index is -0.794. The lowest BCUT2D eigenvalue weighted by Gasteiger charge is -2.43. The molecule has 4 atom stereocenters. The fourth-order valence-electron chi connectivity index (χ4n) is 7.37. The van der Waals surface area contributed by atoms with Gasteiger partial charge < -0.3 is 20.3 Å². The van der Waals surface area contributed by atoms with E-state index in [9.17, 15) is 14.4 Å². The molecule has 44 heavy (non-hydrogen) atoms. The maximum absolute atomic E-state index is 13.8. The smallest absolute Gasteiger partial charge is 0.270 e. The summed E-state index contributed by atoms with van der Waals surface area (Å²) in [6.07, 6.45) is 11.6. The highest BCUT2D eigenvalue weighted by Gasteiger charge is 2.51. The Hall–Kier alpha value is -4.37. The lowest BCUT2D eigenvalue weighted by atomic mass is 9.79. The van der Waals surface area contributed by atoms with Crippen LogP contribution < -0.4 is 10.6 Å². The molecule has 1 saturated heterocycles. The van der Waals surface area contributed by atoms with Crippen LogP contribution in [0.2, 0.25) is 0 Å². The molecule has 3 amide bonds. The summed E-state index contributed by atoms with van der Waals surface area (Å²) in [5.41, 5.74) is 4.25. The van der Waals surface area contributed by atoms with Crippen molar-refractivity contribution < 1.29 is 19.1 Å². The number of fused-ring (bicyclic) bond motifs is 4. The number of piperidine rings is 1. The van der Waals surface area contributed by atoms with Gasteiger partial charge in [-0.25, -0.2) is 4.98 Å².